The van der Waals surface area contributed by atoms with Crippen LogP contribution in [0.5, 0.6) is 17.4 Å². The van der Waals surface area contributed by atoms with Crippen LogP contribution >= 0.6 is 0 Å². The van der Waals surface area contributed by atoms with Gasteiger partial charge in [-0.2, -0.15) is 0 Å². The number of carbonyl (C=O) groups is 1. The number of ether oxygens (including phenoxy) is 2. The molecule has 1 aliphatic rings. The van der Waals surface area contributed by atoms with Crippen molar-refractivity contribution in [3.63, 3.8) is 0 Å². The summed E-state index contributed by atoms with van der Waals surface area (Å²) >= 11 is 0. The number of methoxy groups -OCH3 is 1. The Morgan fingerprint density at radius 2 is 1.78 bits per heavy atom. The second kappa shape index (κ2) is 9.56. The number of amides is 1. The molecule has 9 nitrogen and oxygen atoms in total. The minimum atomic E-state index is -1.06. The summed E-state index contributed by atoms with van der Waals surface area (Å²) in [4.78, 5) is 16.2. The van der Waals surface area contributed by atoms with Crippen LogP contribution in [0.4, 0.5) is 19.2 Å². The minimum absolute atomic E-state index is 0.00991. The van der Waals surface area contributed by atoms with E-state index >= 15 is 0 Å². The van der Waals surface area contributed by atoms with Crippen molar-refractivity contribution in [3.05, 3.63) is 77.7 Å². The Bertz CT molecular complexity index is 1390. The number of carbonyl (C=O) groups excluding carboxylic acids is 1. The van der Waals surface area contributed by atoms with Gasteiger partial charge in [-0.1, -0.05) is 5.10 Å². The van der Waals surface area contributed by atoms with E-state index in [0.29, 0.717) is 11.3 Å². The van der Waals surface area contributed by atoms with Gasteiger partial charge in [-0.05, 0) is 36.4 Å². The van der Waals surface area contributed by atoms with Crippen molar-refractivity contribution in [2.45, 2.75) is 12.0 Å². The minimum Gasteiger partial charge on any atom is -0.497 e. The van der Waals surface area contributed by atoms with Gasteiger partial charge in [-0.15, -0.1) is 5.10 Å². The number of hydrogen-bond donors (Lipinski definition) is 2. The third kappa shape index (κ3) is 4.52. The zero-order valence-corrected chi connectivity index (χ0v) is 18.7. The lowest BCUT2D eigenvalue weighted by atomic mass is 9.93. The average Bonchev–Trinajstić information content (AvgIpc) is 3.48. The summed E-state index contributed by atoms with van der Waals surface area (Å²) in [5.74, 6) is -3.30. The van der Waals surface area contributed by atoms with E-state index < -0.39 is 35.3 Å². The van der Waals surface area contributed by atoms with Crippen LogP contribution in [0.2, 0.25) is 0 Å². The summed E-state index contributed by atoms with van der Waals surface area (Å²) in [6, 6.07) is 9.98. The van der Waals surface area contributed by atoms with Crippen LogP contribution in [0.15, 0.2) is 59.1 Å². The fourth-order valence-electron chi connectivity index (χ4n) is 3.84. The molecule has 5 rings (SSSR count). The molecule has 1 amide bonds. The molecule has 2 atom stereocenters. The second-order valence-corrected chi connectivity index (χ2v) is 7.81. The Labute approximate surface area is 202 Å². The monoisotopic (exact) mass is 497 g/mol. The van der Waals surface area contributed by atoms with Crippen molar-refractivity contribution in [1.29, 1.82) is 0 Å². The van der Waals surface area contributed by atoms with Gasteiger partial charge in [0.05, 0.1) is 7.11 Å². The molecule has 12 heteroatoms. The van der Waals surface area contributed by atoms with Gasteiger partial charge in [-0.3, -0.25) is 4.79 Å². The summed E-state index contributed by atoms with van der Waals surface area (Å²) in [6.45, 7) is 0.00991. The van der Waals surface area contributed by atoms with E-state index in [4.69, 9.17) is 13.9 Å². The maximum Gasteiger partial charge on any atom is 0.316 e. The zero-order valence-electron chi connectivity index (χ0n) is 18.7. The highest BCUT2D eigenvalue weighted by molar-refractivity contribution is 5.88. The lowest BCUT2D eigenvalue weighted by molar-refractivity contribution is -0.119. The molecule has 0 bridgehead atoms. The first kappa shape index (κ1) is 23.1. The molecule has 4 aromatic rings. The Kier molecular flexibility index (Phi) is 6.15. The quantitative estimate of drug-likeness (QED) is 0.394. The molecule has 36 heavy (non-hydrogen) atoms. The third-order valence-corrected chi connectivity index (χ3v) is 5.58. The average molecular weight is 497 g/mol. The van der Waals surface area contributed by atoms with Crippen LogP contribution in [0, 0.1) is 17.5 Å². The van der Waals surface area contributed by atoms with Crippen LogP contribution in [0.3, 0.4) is 0 Å². The largest absolute Gasteiger partial charge is 0.497 e. The molecule has 1 aliphatic heterocycles. The first-order valence-electron chi connectivity index (χ1n) is 10.7. The first-order chi connectivity index (χ1) is 17.4. The van der Waals surface area contributed by atoms with Crippen molar-refractivity contribution in [1.82, 2.24) is 20.5 Å². The Morgan fingerprint density at radius 3 is 2.47 bits per heavy atom. The lowest BCUT2D eigenvalue weighted by Gasteiger charge is -2.19. The molecule has 0 aliphatic carbocycles. The van der Waals surface area contributed by atoms with Crippen molar-refractivity contribution in [2.24, 2.45) is 0 Å². The van der Waals surface area contributed by atoms with Crippen LogP contribution < -0.4 is 20.1 Å². The van der Waals surface area contributed by atoms with E-state index in [0.717, 1.165) is 12.1 Å². The highest BCUT2D eigenvalue weighted by atomic mass is 19.1. The number of anilines is 1. The molecule has 0 radical (unpaired) electrons. The summed E-state index contributed by atoms with van der Waals surface area (Å²) < 4.78 is 58.9. The molecular weight excluding hydrogens is 479 g/mol. The van der Waals surface area contributed by atoms with Crippen LogP contribution in [0.1, 0.15) is 11.5 Å². The van der Waals surface area contributed by atoms with Crippen molar-refractivity contribution in [2.75, 3.05) is 19.0 Å². The summed E-state index contributed by atoms with van der Waals surface area (Å²) in [7, 11) is 1.30. The molecular formula is C24H18F3N5O4. The maximum atomic E-state index is 14.6. The van der Waals surface area contributed by atoms with E-state index in [-0.39, 0.29) is 35.6 Å². The predicted molar refractivity (Wildman–Crippen MR) is 120 cm³/mol. The molecule has 3 heterocycles. The number of rotatable bonds is 7. The van der Waals surface area contributed by atoms with E-state index in [1.165, 1.54) is 25.4 Å². The van der Waals surface area contributed by atoms with Gasteiger partial charge in [0, 0.05) is 41.9 Å². The molecule has 0 saturated carbocycles. The molecule has 184 valence electrons. The second-order valence-electron chi connectivity index (χ2n) is 7.81. The fraction of sp³-hybridized carbons (Fsp3) is 0.167. The lowest BCUT2D eigenvalue weighted by Crippen LogP contribution is -2.33. The standard InChI is InChI=1S/C24H18F3N5O4/c1-34-14-9-17(26)19(18(27)10-14)15-11-29-21(33)20(15)30-24-32-31-22(36-24)12-4-6-13(7-5-12)35-23-16(25)3-2-8-28-23/h2-10,15,20H,11H2,1H3,(H,29,33)(H,30,32)/t15?,20-/m1/s1. The molecule has 1 unspecified atom stereocenters. The van der Waals surface area contributed by atoms with Gasteiger partial charge in [0.1, 0.15) is 29.2 Å². The Balaban J connectivity index is 1.32. The zero-order chi connectivity index (χ0) is 25.2. The number of benzene rings is 2. The number of halogens is 3. The maximum absolute atomic E-state index is 14.6. The molecule has 2 N–H and O–H groups in total. The Morgan fingerprint density at radius 1 is 1.03 bits per heavy atom. The Hall–Kier alpha value is -4.61. The van der Waals surface area contributed by atoms with Gasteiger partial charge in [0.15, 0.2) is 5.82 Å². The predicted octanol–water partition coefficient (Wildman–Crippen LogP) is 4.04. The van der Waals surface area contributed by atoms with Gasteiger partial charge in [-0.25, -0.2) is 18.2 Å². The van der Waals surface area contributed by atoms with E-state index in [1.54, 1.807) is 24.3 Å². The SMILES string of the molecule is COc1cc(F)c(C2CNC(=O)[C@@H]2Nc2nnc(-c3ccc(Oc4ncccc4F)cc3)o2)c(F)c1. The molecule has 2 aromatic heterocycles. The van der Waals surface area contributed by atoms with Gasteiger partial charge < -0.3 is 24.5 Å². The summed E-state index contributed by atoms with van der Waals surface area (Å²) in [6.07, 6.45) is 1.41. The molecule has 2 aromatic carbocycles. The molecule has 0 spiro atoms. The van der Waals surface area contributed by atoms with Crippen molar-refractivity contribution in [3.8, 4) is 28.8 Å². The van der Waals surface area contributed by atoms with Crippen LogP contribution in [-0.4, -0.2) is 40.8 Å². The van der Waals surface area contributed by atoms with Crippen LogP contribution in [-0.2, 0) is 4.79 Å². The van der Waals surface area contributed by atoms with Crippen molar-refractivity contribution >= 4 is 11.9 Å². The van der Waals surface area contributed by atoms with Gasteiger partial charge >= 0.3 is 6.01 Å². The normalized spacial score (nSPS) is 17.1. The number of nitrogens with zero attached hydrogens (tertiary/aromatic N) is 3. The number of hydrogen-bond acceptors (Lipinski definition) is 8. The van der Waals surface area contributed by atoms with Gasteiger partial charge in [0.25, 0.3) is 5.88 Å². The third-order valence-electron chi connectivity index (χ3n) is 5.58. The summed E-state index contributed by atoms with van der Waals surface area (Å²) in [5.41, 5.74) is 0.260. The van der Waals surface area contributed by atoms with Gasteiger partial charge in [0.2, 0.25) is 11.8 Å². The van der Waals surface area contributed by atoms with E-state index in [1.807, 2.05) is 0 Å². The highest BCUT2D eigenvalue weighted by Gasteiger charge is 2.40. The number of nitrogens with one attached hydrogen (secondary N) is 2. The highest BCUT2D eigenvalue weighted by Crippen LogP contribution is 2.33. The number of aromatic nitrogens is 3. The molecule has 1 saturated heterocycles. The smallest absolute Gasteiger partial charge is 0.316 e. The van der Waals surface area contributed by atoms with Crippen molar-refractivity contribution < 1.29 is 31.9 Å². The topological polar surface area (TPSA) is 111 Å². The first-order valence-corrected chi connectivity index (χ1v) is 10.7. The summed E-state index contributed by atoms with van der Waals surface area (Å²) in [5, 5.41) is 13.2. The van der Waals surface area contributed by atoms with E-state index in [9.17, 15) is 18.0 Å². The van der Waals surface area contributed by atoms with E-state index in [2.05, 4.69) is 25.8 Å². The number of pyridine rings is 1. The molecule has 1 fully saturated rings. The van der Waals surface area contributed by atoms with Crippen LogP contribution in [0.25, 0.3) is 11.5 Å². The fourth-order valence-corrected chi connectivity index (χ4v) is 3.84.